The first-order chi connectivity index (χ1) is 17.6. The normalized spacial score (nSPS) is 18.4. The lowest BCUT2D eigenvalue weighted by molar-refractivity contribution is -0.274. The van der Waals surface area contributed by atoms with Gasteiger partial charge in [0, 0.05) is 5.56 Å². The molecule has 0 radical (unpaired) electrons. The van der Waals surface area contributed by atoms with Crippen molar-refractivity contribution < 1.29 is 31.4 Å². The second-order valence-corrected chi connectivity index (χ2v) is 9.72. The van der Waals surface area contributed by atoms with Gasteiger partial charge in [-0.25, -0.2) is 0 Å². The third kappa shape index (κ3) is 7.46. The Morgan fingerprint density at radius 1 is 0.730 bits per heavy atom. The molecule has 0 N–H and O–H groups in total. The van der Waals surface area contributed by atoms with Crippen LogP contribution in [0.25, 0.3) is 11.1 Å². The van der Waals surface area contributed by atoms with Gasteiger partial charge in [0.25, 0.3) is 0 Å². The van der Waals surface area contributed by atoms with E-state index in [4.69, 9.17) is 4.74 Å². The fraction of sp³-hybridized carbons (Fsp3) is 0.400. The molecule has 0 bridgehead atoms. The minimum atomic E-state index is -4.81. The van der Waals surface area contributed by atoms with Gasteiger partial charge in [-0.15, -0.1) is 13.2 Å². The molecule has 0 saturated heterocycles. The standard InChI is InChI=1S/C30H31F5O2/c1-2-21-7-9-22(10-8-21)11-12-23-13-17-25(18-14-23)29(31,32)37-28-6-4-3-5-27(28)24-15-19-26(20-16-24)36-30(33,34)35/h3-6,13-22H,2,7-12H2,1H3/t21-,22-. The fourth-order valence-electron chi connectivity index (χ4n) is 4.99. The van der Waals surface area contributed by atoms with Crippen LogP contribution in [0.3, 0.4) is 0 Å². The Balaban J connectivity index is 1.41. The molecule has 3 aromatic rings. The van der Waals surface area contributed by atoms with Gasteiger partial charge >= 0.3 is 12.5 Å². The van der Waals surface area contributed by atoms with E-state index in [0.717, 1.165) is 36.5 Å². The molecule has 1 saturated carbocycles. The van der Waals surface area contributed by atoms with Crippen LogP contribution in [0.1, 0.15) is 56.6 Å². The van der Waals surface area contributed by atoms with Gasteiger partial charge in [-0.1, -0.05) is 81.5 Å². The fourth-order valence-corrected chi connectivity index (χ4v) is 4.99. The molecule has 0 aromatic heterocycles. The molecular formula is C30H31F5O2. The average molecular weight is 519 g/mol. The average Bonchev–Trinajstić information content (AvgIpc) is 2.88. The predicted octanol–water partition coefficient (Wildman–Crippen LogP) is 9.53. The molecule has 3 aromatic carbocycles. The van der Waals surface area contributed by atoms with Crippen molar-refractivity contribution in [3.05, 3.63) is 83.9 Å². The highest BCUT2D eigenvalue weighted by Crippen LogP contribution is 2.38. The Bertz CT molecular complexity index is 1130. The van der Waals surface area contributed by atoms with Crippen LogP contribution in [0.4, 0.5) is 22.0 Å². The van der Waals surface area contributed by atoms with Crippen molar-refractivity contribution in [3.63, 3.8) is 0 Å². The first-order valence-corrected chi connectivity index (χ1v) is 12.7. The van der Waals surface area contributed by atoms with Crippen molar-refractivity contribution in [2.24, 2.45) is 11.8 Å². The molecule has 1 aliphatic carbocycles. The Hall–Kier alpha value is -3.09. The number of ether oxygens (including phenoxy) is 2. The number of hydrogen-bond acceptors (Lipinski definition) is 2. The van der Waals surface area contributed by atoms with Gasteiger partial charge in [-0.3, -0.25) is 0 Å². The second kappa shape index (κ2) is 11.5. The number of aryl methyl sites for hydroxylation is 1. The molecule has 0 spiro atoms. The highest BCUT2D eigenvalue weighted by atomic mass is 19.4. The molecule has 2 nitrogen and oxygen atoms in total. The van der Waals surface area contributed by atoms with Crippen LogP contribution in [0.15, 0.2) is 72.8 Å². The molecule has 198 valence electrons. The largest absolute Gasteiger partial charge is 0.573 e. The minimum Gasteiger partial charge on any atom is -0.428 e. The summed E-state index contributed by atoms with van der Waals surface area (Å²) in [5.74, 6) is 1.08. The van der Waals surface area contributed by atoms with Crippen molar-refractivity contribution in [2.45, 2.75) is 64.3 Å². The molecule has 7 heteroatoms. The summed E-state index contributed by atoms with van der Waals surface area (Å²) in [6.45, 7) is 2.25. The van der Waals surface area contributed by atoms with Crippen LogP contribution in [0.2, 0.25) is 0 Å². The van der Waals surface area contributed by atoms with E-state index in [1.165, 1.54) is 62.4 Å². The summed E-state index contributed by atoms with van der Waals surface area (Å²) < 4.78 is 76.5. The van der Waals surface area contributed by atoms with Gasteiger partial charge in [0.1, 0.15) is 11.5 Å². The maximum absolute atomic E-state index is 15.1. The van der Waals surface area contributed by atoms with Crippen molar-refractivity contribution >= 4 is 0 Å². The summed E-state index contributed by atoms with van der Waals surface area (Å²) in [6, 6.07) is 17.4. The lowest BCUT2D eigenvalue weighted by Crippen LogP contribution is -2.22. The lowest BCUT2D eigenvalue weighted by atomic mass is 9.78. The number of para-hydroxylation sites is 1. The van der Waals surface area contributed by atoms with Gasteiger partial charge in [-0.2, -0.15) is 8.78 Å². The minimum absolute atomic E-state index is 0.0799. The Morgan fingerprint density at radius 2 is 1.35 bits per heavy atom. The highest BCUT2D eigenvalue weighted by molar-refractivity contribution is 5.71. The van der Waals surface area contributed by atoms with Crippen LogP contribution >= 0.6 is 0 Å². The van der Waals surface area contributed by atoms with Gasteiger partial charge in [0.15, 0.2) is 0 Å². The van der Waals surface area contributed by atoms with E-state index in [2.05, 4.69) is 11.7 Å². The monoisotopic (exact) mass is 518 g/mol. The Morgan fingerprint density at radius 3 is 1.97 bits per heavy atom. The zero-order valence-corrected chi connectivity index (χ0v) is 20.7. The molecule has 0 unspecified atom stereocenters. The maximum Gasteiger partial charge on any atom is 0.573 e. The maximum atomic E-state index is 15.1. The summed E-state index contributed by atoms with van der Waals surface area (Å²) in [5, 5.41) is 0. The highest BCUT2D eigenvalue weighted by Gasteiger charge is 2.35. The van der Waals surface area contributed by atoms with Gasteiger partial charge in [0.05, 0.1) is 5.56 Å². The number of hydrogen-bond donors (Lipinski definition) is 0. The quantitative estimate of drug-likeness (QED) is 0.263. The van der Waals surface area contributed by atoms with E-state index in [1.807, 2.05) is 0 Å². The topological polar surface area (TPSA) is 18.5 Å². The van der Waals surface area contributed by atoms with Gasteiger partial charge in [-0.05, 0) is 66.1 Å². The van der Waals surface area contributed by atoms with Crippen LogP contribution in [-0.4, -0.2) is 6.36 Å². The molecule has 0 heterocycles. The van der Waals surface area contributed by atoms with E-state index >= 15 is 8.78 Å². The Kier molecular flexibility index (Phi) is 8.40. The summed E-state index contributed by atoms with van der Waals surface area (Å²) in [5.41, 5.74) is 1.52. The lowest BCUT2D eigenvalue weighted by Gasteiger charge is -2.27. The second-order valence-electron chi connectivity index (χ2n) is 9.72. The van der Waals surface area contributed by atoms with E-state index < -0.39 is 18.2 Å². The molecule has 1 fully saturated rings. The van der Waals surface area contributed by atoms with Gasteiger partial charge < -0.3 is 9.47 Å². The summed E-state index contributed by atoms with van der Waals surface area (Å²) in [6.07, 6.45) is -0.139. The Labute approximate surface area is 214 Å². The van der Waals surface area contributed by atoms with Crippen molar-refractivity contribution in [1.29, 1.82) is 0 Å². The van der Waals surface area contributed by atoms with E-state index in [9.17, 15) is 13.2 Å². The van der Waals surface area contributed by atoms with Crippen molar-refractivity contribution in [3.8, 4) is 22.6 Å². The van der Waals surface area contributed by atoms with Crippen molar-refractivity contribution in [1.82, 2.24) is 0 Å². The van der Waals surface area contributed by atoms with Crippen LogP contribution < -0.4 is 9.47 Å². The molecule has 1 aliphatic rings. The van der Waals surface area contributed by atoms with E-state index in [1.54, 1.807) is 30.3 Å². The smallest absolute Gasteiger partial charge is 0.428 e. The SMILES string of the molecule is CC[C@H]1CC[C@H](CCc2ccc(C(F)(F)Oc3ccccc3-c3ccc(OC(F)(F)F)cc3)cc2)CC1. The van der Waals surface area contributed by atoms with Gasteiger partial charge in [0.2, 0.25) is 0 Å². The number of alkyl halides is 5. The third-order valence-corrected chi connectivity index (χ3v) is 7.20. The number of rotatable bonds is 9. The molecule has 4 rings (SSSR count). The molecule has 0 atom stereocenters. The van der Waals surface area contributed by atoms with Crippen LogP contribution in [-0.2, 0) is 12.5 Å². The first kappa shape index (κ1) is 27.0. The summed E-state index contributed by atoms with van der Waals surface area (Å²) in [4.78, 5) is 0. The van der Waals surface area contributed by atoms with E-state index in [0.29, 0.717) is 17.0 Å². The number of benzene rings is 3. The van der Waals surface area contributed by atoms with Crippen LogP contribution in [0.5, 0.6) is 11.5 Å². The summed E-state index contributed by atoms with van der Waals surface area (Å²) in [7, 11) is 0. The summed E-state index contributed by atoms with van der Waals surface area (Å²) >= 11 is 0. The molecular weight excluding hydrogens is 487 g/mol. The van der Waals surface area contributed by atoms with E-state index in [-0.39, 0.29) is 11.3 Å². The predicted molar refractivity (Wildman–Crippen MR) is 134 cm³/mol. The molecule has 37 heavy (non-hydrogen) atoms. The zero-order valence-electron chi connectivity index (χ0n) is 20.7. The third-order valence-electron chi connectivity index (χ3n) is 7.20. The van der Waals surface area contributed by atoms with Crippen molar-refractivity contribution in [2.75, 3.05) is 0 Å². The molecule has 0 aliphatic heterocycles. The molecule has 0 amide bonds. The zero-order chi connectivity index (χ0) is 26.5. The first-order valence-electron chi connectivity index (χ1n) is 12.7. The number of halogens is 5. The van der Waals surface area contributed by atoms with Crippen LogP contribution in [0, 0.1) is 11.8 Å².